The number of methoxy groups -OCH3 is 4. The van der Waals surface area contributed by atoms with Gasteiger partial charge >= 0.3 is 11.9 Å². The van der Waals surface area contributed by atoms with E-state index in [1.807, 2.05) is 0 Å². The molecule has 4 aromatic rings. The quantitative estimate of drug-likeness (QED) is 0.119. The molecule has 0 spiro atoms. The van der Waals surface area contributed by atoms with Crippen molar-refractivity contribution in [2.45, 2.75) is 51.4 Å². The highest BCUT2D eigenvalue weighted by Crippen LogP contribution is 2.66. The molecule has 8 rings (SSSR count). The third-order valence-electron chi connectivity index (χ3n) is 11.0. The number of esters is 2. The lowest BCUT2D eigenvalue weighted by atomic mass is 9.44. The average Bonchev–Trinajstić information content (AvgIpc) is 3.14. The second-order valence-electron chi connectivity index (χ2n) is 14.6. The molecular weight excluding hydrogens is 696 g/mol. The van der Waals surface area contributed by atoms with E-state index < -0.39 is 22.8 Å². The van der Waals surface area contributed by atoms with E-state index in [1.54, 1.807) is 36.7 Å². The van der Waals surface area contributed by atoms with Gasteiger partial charge in [-0.15, -0.1) is 0 Å². The minimum absolute atomic E-state index is 0.0791. The summed E-state index contributed by atoms with van der Waals surface area (Å²) in [5, 5.41) is 0. The number of hydrogen-bond acceptors (Lipinski definition) is 16. The fourth-order valence-corrected chi connectivity index (χ4v) is 9.00. The minimum atomic E-state index is -0.910. The van der Waals surface area contributed by atoms with E-state index in [-0.39, 0.29) is 53.3 Å². The van der Waals surface area contributed by atoms with Crippen LogP contribution in [0.15, 0.2) is 36.7 Å². The smallest absolute Gasteiger partial charge is 0.317 e. The number of nitrogens with zero attached hydrogens (tertiary/aromatic N) is 4. The van der Waals surface area contributed by atoms with Gasteiger partial charge in [0.05, 0.1) is 39.3 Å². The third kappa shape index (κ3) is 6.67. The van der Waals surface area contributed by atoms with Crippen molar-refractivity contribution in [3.63, 3.8) is 0 Å². The number of aromatic nitrogens is 4. The van der Waals surface area contributed by atoms with Crippen LogP contribution in [0.1, 0.15) is 60.8 Å². The Morgan fingerprint density at radius 3 is 1.30 bits per heavy atom. The van der Waals surface area contributed by atoms with E-state index in [0.717, 1.165) is 17.5 Å². The summed E-state index contributed by atoms with van der Waals surface area (Å²) >= 11 is 0. The SMILES string of the molecule is COc1cc(Cc2cnc(N)nc2N)cc(OC)c1OC(=O)C12CC3CC(C1)CC(C(=O)Oc1c(OC)cc(Cc4cnc(N)nc4N)cc1OC)(C3)C2. The first kappa shape index (κ1) is 36.3. The second kappa shape index (κ2) is 14.1. The Morgan fingerprint density at radius 2 is 0.981 bits per heavy atom. The summed E-state index contributed by atoms with van der Waals surface area (Å²) in [6.07, 6.45) is 7.48. The van der Waals surface area contributed by atoms with Crippen molar-refractivity contribution in [2.75, 3.05) is 51.4 Å². The molecule has 0 unspecified atom stereocenters. The molecule has 4 aliphatic carbocycles. The molecule has 2 heterocycles. The van der Waals surface area contributed by atoms with Gasteiger partial charge in [-0.3, -0.25) is 9.59 Å². The van der Waals surface area contributed by atoms with Crippen molar-refractivity contribution in [1.29, 1.82) is 0 Å². The van der Waals surface area contributed by atoms with Gasteiger partial charge in [0.25, 0.3) is 0 Å². The lowest BCUT2D eigenvalue weighted by molar-refractivity contribution is -0.184. The van der Waals surface area contributed by atoms with Gasteiger partial charge in [0.1, 0.15) is 11.6 Å². The van der Waals surface area contributed by atoms with Gasteiger partial charge in [-0.2, -0.15) is 9.97 Å². The fourth-order valence-electron chi connectivity index (χ4n) is 9.00. The molecule has 4 bridgehead atoms. The summed E-state index contributed by atoms with van der Waals surface area (Å²) in [7, 11) is 5.96. The van der Waals surface area contributed by atoms with E-state index in [9.17, 15) is 9.59 Å². The van der Waals surface area contributed by atoms with Gasteiger partial charge in [0, 0.05) is 36.4 Å². The Balaban J connectivity index is 1.14. The van der Waals surface area contributed by atoms with Crippen LogP contribution in [0.2, 0.25) is 0 Å². The summed E-state index contributed by atoms with van der Waals surface area (Å²) in [5.41, 5.74) is 24.5. The van der Waals surface area contributed by atoms with Gasteiger partial charge in [-0.25, -0.2) is 9.97 Å². The second-order valence-corrected chi connectivity index (χ2v) is 14.6. The maximum absolute atomic E-state index is 14.4. The zero-order valence-electron chi connectivity index (χ0n) is 30.6. The number of hydrogen-bond donors (Lipinski definition) is 4. The third-order valence-corrected chi connectivity index (χ3v) is 11.0. The van der Waals surface area contributed by atoms with Gasteiger partial charge in [0.15, 0.2) is 23.0 Å². The van der Waals surface area contributed by atoms with E-state index in [0.29, 0.717) is 72.6 Å². The highest BCUT2D eigenvalue weighted by molar-refractivity contribution is 5.86. The number of nitrogen functional groups attached to an aromatic ring is 4. The van der Waals surface area contributed by atoms with Gasteiger partial charge in [-0.1, -0.05) is 0 Å². The summed E-state index contributed by atoms with van der Waals surface area (Å²) in [4.78, 5) is 45.0. The number of nitrogens with two attached hydrogens (primary N) is 4. The van der Waals surface area contributed by atoms with E-state index in [4.69, 9.17) is 51.4 Å². The van der Waals surface area contributed by atoms with Crippen LogP contribution < -0.4 is 51.4 Å². The average molecular weight is 741 g/mol. The molecule has 54 heavy (non-hydrogen) atoms. The highest BCUT2D eigenvalue weighted by Gasteiger charge is 2.64. The molecule has 0 radical (unpaired) electrons. The Morgan fingerprint density at radius 1 is 0.630 bits per heavy atom. The van der Waals surface area contributed by atoms with Crippen LogP contribution >= 0.6 is 0 Å². The molecule has 4 saturated carbocycles. The molecule has 0 aliphatic heterocycles. The van der Waals surface area contributed by atoms with Crippen molar-refractivity contribution in [1.82, 2.24) is 19.9 Å². The van der Waals surface area contributed by atoms with Gasteiger partial charge < -0.3 is 51.4 Å². The predicted molar refractivity (Wildman–Crippen MR) is 197 cm³/mol. The molecule has 4 fully saturated rings. The summed E-state index contributed by atoms with van der Waals surface area (Å²) in [5.74, 6) is 1.64. The molecule has 0 amide bonds. The zero-order valence-corrected chi connectivity index (χ0v) is 30.6. The van der Waals surface area contributed by atoms with Crippen molar-refractivity contribution >= 4 is 35.5 Å². The first-order chi connectivity index (χ1) is 25.9. The molecule has 4 aliphatic rings. The number of ether oxygens (including phenoxy) is 6. The van der Waals surface area contributed by atoms with Gasteiger partial charge in [-0.05, 0) is 85.8 Å². The lowest BCUT2D eigenvalue weighted by Crippen LogP contribution is -2.59. The molecule has 2 aromatic carbocycles. The van der Waals surface area contributed by atoms with Crippen molar-refractivity contribution < 1.29 is 38.0 Å². The standard InChI is InChI=1S/C38H44N8O8/c1-49-25-8-19(6-23-16-43-35(41)45-31(23)39)9-26(50-2)29(25)53-33(47)37-12-21-5-22(13-37)15-38(14-21,18-37)34(48)54-30-27(51-3)10-20(11-28(30)52-4)7-24-17-44-36(42)46-32(24)40/h8-11,16-17,21-22H,5-7,12-15,18H2,1-4H3,(H4,39,41,43,45)(H4,40,42,44,46). The van der Waals surface area contributed by atoms with Crippen LogP contribution in [-0.2, 0) is 22.4 Å². The number of carbonyl (C=O) groups is 2. The number of benzene rings is 2. The molecule has 2 aromatic heterocycles. The van der Waals surface area contributed by atoms with Crippen molar-refractivity contribution in [3.8, 4) is 34.5 Å². The molecular formula is C38H44N8O8. The summed E-state index contributed by atoms with van der Waals surface area (Å²) in [6.45, 7) is 0. The van der Waals surface area contributed by atoms with Crippen LogP contribution in [0, 0.1) is 22.7 Å². The van der Waals surface area contributed by atoms with Crippen LogP contribution in [0.25, 0.3) is 0 Å². The summed E-state index contributed by atoms with van der Waals surface area (Å²) in [6, 6.07) is 7.02. The number of rotatable bonds is 12. The Kier molecular flexibility index (Phi) is 9.45. The normalized spacial score (nSPS) is 22.4. The minimum Gasteiger partial charge on any atom is -0.493 e. The van der Waals surface area contributed by atoms with Crippen molar-refractivity contribution in [2.24, 2.45) is 22.7 Å². The Hall–Kier alpha value is -6.06. The van der Waals surface area contributed by atoms with Crippen LogP contribution in [-0.4, -0.2) is 60.3 Å². The maximum Gasteiger partial charge on any atom is 0.317 e. The van der Waals surface area contributed by atoms with Crippen molar-refractivity contribution in [3.05, 3.63) is 58.9 Å². The zero-order chi connectivity index (χ0) is 38.4. The number of carbonyl (C=O) groups excluding carboxylic acids is 2. The maximum atomic E-state index is 14.4. The first-order valence-corrected chi connectivity index (χ1v) is 17.6. The predicted octanol–water partition coefficient (Wildman–Crippen LogP) is 3.91. The monoisotopic (exact) mass is 740 g/mol. The topological polar surface area (TPSA) is 245 Å². The Labute approximate surface area is 311 Å². The fraction of sp³-hybridized carbons (Fsp3) is 0.421. The first-order valence-electron chi connectivity index (χ1n) is 17.6. The molecule has 16 nitrogen and oxygen atoms in total. The van der Waals surface area contributed by atoms with E-state index in [2.05, 4.69) is 19.9 Å². The molecule has 0 atom stereocenters. The van der Waals surface area contributed by atoms with E-state index >= 15 is 0 Å². The number of anilines is 4. The summed E-state index contributed by atoms with van der Waals surface area (Å²) < 4.78 is 35.2. The lowest BCUT2D eigenvalue weighted by Gasteiger charge is -2.59. The van der Waals surface area contributed by atoms with Crippen LogP contribution in [0.3, 0.4) is 0 Å². The molecule has 0 saturated heterocycles. The van der Waals surface area contributed by atoms with Gasteiger partial charge in [0.2, 0.25) is 23.4 Å². The van der Waals surface area contributed by atoms with E-state index in [1.165, 1.54) is 28.4 Å². The molecule has 8 N–H and O–H groups in total. The van der Waals surface area contributed by atoms with Crippen LogP contribution in [0.4, 0.5) is 23.5 Å². The molecule has 16 heteroatoms. The Bertz CT molecular complexity index is 1920. The van der Waals surface area contributed by atoms with Crippen LogP contribution in [0.5, 0.6) is 34.5 Å². The molecule has 284 valence electrons. The highest BCUT2D eigenvalue weighted by atomic mass is 16.6. The largest absolute Gasteiger partial charge is 0.493 e.